The summed E-state index contributed by atoms with van der Waals surface area (Å²) in [6.45, 7) is 3.20. The average molecular weight is 382 g/mol. The summed E-state index contributed by atoms with van der Waals surface area (Å²) in [7, 11) is 0. The highest BCUT2D eigenvalue weighted by molar-refractivity contribution is 5.96. The zero-order valence-corrected chi connectivity index (χ0v) is 15.8. The molecule has 1 heterocycles. The Labute approximate surface area is 164 Å². The number of amides is 2. The Morgan fingerprint density at radius 1 is 0.964 bits per heavy atom. The monoisotopic (exact) mass is 382 g/mol. The molecule has 7 heteroatoms. The maximum Gasteiger partial charge on any atom is 0.241 e. The van der Waals surface area contributed by atoms with Crippen LogP contribution < -0.4 is 16.4 Å². The number of carbonyl (C=O) groups excluding carboxylic acids is 2. The summed E-state index contributed by atoms with van der Waals surface area (Å²) < 4.78 is 5.28. The summed E-state index contributed by atoms with van der Waals surface area (Å²) in [6.07, 6.45) is 0.475. The predicted octanol–water partition coefficient (Wildman–Crippen LogP) is 1.47. The lowest BCUT2D eigenvalue weighted by molar-refractivity contribution is -0.118. The van der Waals surface area contributed by atoms with Crippen molar-refractivity contribution in [2.45, 2.75) is 12.5 Å². The molecule has 2 amide bonds. The lowest BCUT2D eigenvalue weighted by Crippen LogP contribution is -2.41. The first-order valence-corrected chi connectivity index (χ1v) is 9.40. The van der Waals surface area contributed by atoms with Crippen LogP contribution in [0.1, 0.15) is 5.56 Å². The maximum absolute atomic E-state index is 12.3. The standard InChI is InChI=1S/C21H26N4O3/c22-19(14-16-4-2-1-3-5-16)21(27)24-18-8-6-17(7-9-18)23-20(26)15-25-10-12-28-13-11-25/h1-9,19H,10-15,22H2,(H,23,26)(H,24,27). The number of rotatable bonds is 7. The van der Waals surface area contributed by atoms with Gasteiger partial charge in [0.25, 0.3) is 0 Å². The molecular weight excluding hydrogens is 356 g/mol. The first-order chi connectivity index (χ1) is 13.6. The molecule has 4 N–H and O–H groups in total. The van der Waals surface area contributed by atoms with E-state index in [4.69, 9.17) is 10.5 Å². The lowest BCUT2D eigenvalue weighted by atomic mass is 10.1. The summed E-state index contributed by atoms with van der Waals surface area (Å²) in [6, 6.07) is 16.0. The number of nitrogens with two attached hydrogens (primary N) is 1. The van der Waals surface area contributed by atoms with E-state index in [1.54, 1.807) is 24.3 Å². The van der Waals surface area contributed by atoms with Gasteiger partial charge < -0.3 is 21.1 Å². The molecule has 0 aromatic heterocycles. The van der Waals surface area contributed by atoms with Gasteiger partial charge in [-0.2, -0.15) is 0 Å². The molecule has 2 aromatic carbocycles. The van der Waals surface area contributed by atoms with Crippen molar-refractivity contribution in [1.82, 2.24) is 4.90 Å². The smallest absolute Gasteiger partial charge is 0.241 e. The molecule has 3 rings (SSSR count). The van der Waals surface area contributed by atoms with Crippen LogP contribution in [0.4, 0.5) is 11.4 Å². The van der Waals surface area contributed by atoms with E-state index >= 15 is 0 Å². The summed E-state index contributed by atoms with van der Waals surface area (Å²) in [5.41, 5.74) is 8.34. The molecule has 1 atom stereocenters. The highest BCUT2D eigenvalue weighted by Crippen LogP contribution is 2.14. The molecule has 28 heavy (non-hydrogen) atoms. The Balaban J connectivity index is 1.46. The van der Waals surface area contributed by atoms with Gasteiger partial charge in [-0.05, 0) is 36.2 Å². The van der Waals surface area contributed by atoms with Crippen LogP contribution in [-0.2, 0) is 20.7 Å². The third-order valence-electron chi connectivity index (χ3n) is 4.54. The van der Waals surface area contributed by atoms with Crippen LogP contribution in [0.25, 0.3) is 0 Å². The van der Waals surface area contributed by atoms with Crippen molar-refractivity contribution in [3.8, 4) is 0 Å². The second-order valence-corrected chi connectivity index (χ2v) is 6.80. The van der Waals surface area contributed by atoms with Crippen molar-refractivity contribution in [2.24, 2.45) is 5.73 Å². The van der Waals surface area contributed by atoms with Crippen LogP contribution in [0.2, 0.25) is 0 Å². The van der Waals surface area contributed by atoms with Gasteiger partial charge in [-0.25, -0.2) is 0 Å². The van der Waals surface area contributed by atoms with Crippen molar-refractivity contribution < 1.29 is 14.3 Å². The van der Waals surface area contributed by atoms with E-state index in [9.17, 15) is 9.59 Å². The average Bonchev–Trinajstić information content (AvgIpc) is 2.71. The lowest BCUT2D eigenvalue weighted by Gasteiger charge is -2.25. The molecule has 0 aliphatic carbocycles. The topological polar surface area (TPSA) is 96.7 Å². The molecule has 0 spiro atoms. The molecule has 1 fully saturated rings. The number of hydrogen-bond donors (Lipinski definition) is 3. The van der Waals surface area contributed by atoms with Crippen molar-refractivity contribution >= 4 is 23.2 Å². The number of hydrogen-bond acceptors (Lipinski definition) is 5. The molecule has 7 nitrogen and oxygen atoms in total. The van der Waals surface area contributed by atoms with Crippen LogP contribution in [0, 0.1) is 0 Å². The van der Waals surface area contributed by atoms with E-state index in [2.05, 4.69) is 15.5 Å². The predicted molar refractivity (Wildman–Crippen MR) is 109 cm³/mol. The molecule has 1 aliphatic rings. The number of morpholine rings is 1. The van der Waals surface area contributed by atoms with Crippen molar-refractivity contribution in [3.05, 3.63) is 60.2 Å². The highest BCUT2D eigenvalue weighted by atomic mass is 16.5. The highest BCUT2D eigenvalue weighted by Gasteiger charge is 2.15. The minimum Gasteiger partial charge on any atom is -0.379 e. The molecular formula is C21H26N4O3. The van der Waals surface area contributed by atoms with Gasteiger partial charge >= 0.3 is 0 Å². The molecule has 0 saturated carbocycles. The quantitative estimate of drug-likeness (QED) is 0.674. The van der Waals surface area contributed by atoms with Gasteiger partial charge in [0, 0.05) is 24.5 Å². The van der Waals surface area contributed by atoms with Gasteiger partial charge in [0.15, 0.2) is 0 Å². The zero-order valence-electron chi connectivity index (χ0n) is 15.8. The second kappa shape index (κ2) is 9.98. The number of ether oxygens (including phenoxy) is 1. The summed E-state index contributed by atoms with van der Waals surface area (Å²) in [4.78, 5) is 26.5. The third-order valence-corrected chi connectivity index (χ3v) is 4.54. The van der Waals surface area contributed by atoms with Crippen LogP contribution >= 0.6 is 0 Å². The number of nitrogens with one attached hydrogen (secondary N) is 2. The molecule has 0 radical (unpaired) electrons. The van der Waals surface area contributed by atoms with Gasteiger partial charge in [-0.3, -0.25) is 14.5 Å². The summed E-state index contributed by atoms with van der Waals surface area (Å²) in [5.74, 6) is -0.309. The van der Waals surface area contributed by atoms with Gasteiger partial charge in [-0.15, -0.1) is 0 Å². The van der Waals surface area contributed by atoms with Gasteiger partial charge in [0.2, 0.25) is 11.8 Å². The normalized spacial score (nSPS) is 15.6. The number of nitrogens with zero attached hydrogens (tertiary/aromatic N) is 1. The minimum absolute atomic E-state index is 0.0661. The fourth-order valence-electron chi connectivity index (χ4n) is 3.00. The molecule has 2 aromatic rings. The van der Waals surface area contributed by atoms with E-state index in [-0.39, 0.29) is 11.8 Å². The third kappa shape index (κ3) is 6.16. The van der Waals surface area contributed by atoms with E-state index in [0.29, 0.717) is 37.6 Å². The van der Waals surface area contributed by atoms with Crippen molar-refractivity contribution in [2.75, 3.05) is 43.5 Å². The Morgan fingerprint density at radius 3 is 2.21 bits per heavy atom. The Morgan fingerprint density at radius 2 is 1.57 bits per heavy atom. The molecule has 1 unspecified atom stereocenters. The maximum atomic E-state index is 12.3. The minimum atomic E-state index is -0.629. The van der Waals surface area contributed by atoms with Crippen LogP contribution in [-0.4, -0.2) is 55.6 Å². The number of anilines is 2. The number of carbonyl (C=O) groups is 2. The first-order valence-electron chi connectivity index (χ1n) is 9.40. The van der Waals surface area contributed by atoms with E-state index in [1.165, 1.54) is 0 Å². The first kappa shape index (κ1) is 20.0. The second-order valence-electron chi connectivity index (χ2n) is 6.80. The van der Waals surface area contributed by atoms with E-state index in [1.807, 2.05) is 30.3 Å². The Bertz CT molecular complexity index is 774. The van der Waals surface area contributed by atoms with Crippen molar-refractivity contribution in [1.29, 1.82) is 0 Å². The van der Waals surface area contributed by atoms with Crippen LogP contribution in [0.5, 0.6) is 0 Å². The Kier molecular flexibility index (Phi) is 7.13. The summed E-state index contributed by atoms with van der Waals surface area (Å²) in [5, 5.41) is 5.68. The number of benzene rings is 2. The molecule has 148 valence electrons. The fourth-order valence-corrected chi connectivity index (χ4v) is 3.00. The van der Waals surface area contributed by atoms with E-state index in [0.717, 1.165) is 18.7 Å². The van der Waals surface area contributed by atoms with Gasteiger partial charge in [-0.1, -0.05) is 30.3 Å². The molecule has 1 saturated heterocycles. The van der Waals surface area contributed by atoms with Crippen LogP contribution in [0.3, 0.4) is 0 Å². The molecule has 0 bridgehead atoms. The van der Waals surface area contributed by atoms with Crippen molar-refractivity contribution in [3.63, 3.8) is 0 Å². The van der Waals surface area contributed by atoms with E-state index < -0.39 is 6.04 Å². The molecule has 1 aliphatic heterocycles. The Hall–Kier alpha value is -2.74. The largest absolute Gasteiger partial charge is 0.379 e. The SMILES string of the molecule is NC(Cc1ccccc1)C(=O)Nc1ccc(NC(=O)CN2CCOCC2)cc1. The van der Waals surface area contributed by atoms with Gasteiger partial charge in [0.1, 0.15) is 0 Å². The van der Waals surface area contributed by atoms with Crippen LogP contribution in [0.15, 0.2) is 54.6 Å². The fraction of sp³-hybridized carbons (Fsp3) is 0.333. The van der Waals surface area contributed by atoms with Gasteiger partial charge in [0.05, 0.1) is 25.8 Å². The summed E-state index contributed by atoms with van der Waals surface area (Å²) >= 11 is 0. The zero-order chi connectivity index (χ0) is 19.8.